The van der Waals surface area contributed by atoms with Crippen molar-refractivity contribution in [3.05, 3.63) is 0 Å². The van der Waals surface area contributed by atoms with E-state index in [-0.39, 0.29) is 0 Å². The largest absolute Gasteiger partial charge is 0.227 e. The first-order chi connectivity index (χ1) is 5.54. The third-order valence-electron chi connectivity index (χ3n) is 1.92. The van der Waals surface area contributed by atoms with Crippen LogP contribution in [0.5, 0.6) is 0 Å². The van der Waals surface area contributed by atoms with Crippen LogP contribution in [0.1, 0.15) is 19.3 Å². The van der Waals surface area contributed by atoms with E-state index < -0.39 is 20.8 Å². The Morgan fingerprint density at radius 2 is 2.17 bits per heavy atom. The molecule has 0 saturated heterocycles. The fraction of sp³-hybridized carbons (Fsp3) is 0.833. The molecule has 1 N–H and O–H groups in total. The molecule has 0 aliphatic heterocycles. The summed E-state index contributed by atoms with van der Waals surface area (Å²) in [6, 6.07) is 1.96. The van der Waals surface area contributed by atoms with Crippen LogP contribution in [0.3, 0.4) is 0 Å². The molecule has 0 spiro atoms. The maximum Gasteiger partial charge on any atom is 0.227 e. The minimum atomic E-state index is -3.46. The van der Waals surface area contributed by atoms with E-state index in [1.54, 1.807) is 0 Å². The highest BCUT2D eigenvalue weighted by Crippen LogP contribution is 2.31. The number of nitrogens with one attached hydrogen (secondary N) is 1. The molecular formula is C6H9ClN2O2S. The van der Waals surface area contributed by atoms with Gasteiger partial charge in [0, 0.05) is 0 Å². The maximum absolute atomic E-state index is 11.0. The molecular weight excluding hydrogens is 200 g/mol. The van der Waals surface area contributed by atoms with Crippen molar-refractivity contribution in [1.29, 1.82) is 5.26 Å². The first kappa shape index (κ1) is 9.78. The van der Waals surface area contributed by atoms with E-state index in [1.807, 2.05) is 6.07 Å². The zero-order chi connectivity index (χ0) is 9.24. The fourth-order valence-corrected chi connectivity index (χ4v) is 2.16. The van der Waals surface area contributed by atoms with Crippen molar-refractivity contribution in [2.75, 3.05) is 5.21 Å². The number of nitrogens with zero attached hydrogens (tertiary/aromatic N) is 1. The van der Waals surface area contributed by atoms with E-state index in [1.165, 1.54) is 0 Å². The molecule has 1 aliphatic rings. The summed E-state index contributed by atoms with van der Waals surface area (Å²) in [4.78, 5) is 0. The van der Waals surface area contributed by atoms with Gasteiger partial charge in [0.15, 0.2) is 0 Å². The number of sulfonamides is 1. The van der Waals surface area contributed by atoms with Gasteiger partial charge in [-0.15, -0.1) is 11.6 Å². The lowest BCUT2D eigenvalue weighted by Gasteiger charge is -2.34. The summed E-state index contributed by atoms with van der Waals surface area (Å²) in [5.41, 5.74) is -0.867. The quantitative estimate of drug-likeness (QED) is 0.689. The molecule has 68 valence electrons. The Labute approximate surface area is 76.6 Å². The van der Waals surface area contributed by atoms with Crippen LogP contribution in [-0.2, 0) is 10.0 Å². The van der Waals surface area contributed by atoms with Gasteiger partial charge in [0.2, 0.25) is 10.0 Å². The SMILES string of the molecule is N#CC1(NS(=O)(=O)CCl)CCC1. The maximum atomic E-state index is 11.0. The normalized spacial score (nSPS) is 21.0. The summed E-state index contributed by atoms with van der Waals surface area (Å²) in [7, 11) is -3.46. The van der Waals surface area contributed by atoms with Gasteiger partial charge in [-0.2, -0.15) is 9.98 Å². The van der Waals surface area contributed by atoms with Crippen molar-refractivity contribution in [2.24, 2.45) is 0 Å². The monoisotopic (exact) mass is 208 g/mol. The van der Waals surface area contributed by atoms with E-state index in [0.717, 1.165) is 6.42 Å². The Hall–Kier alpha value is -0.310. The summed E-state index contributed by atoms with van der Waals surface area (Å²) in [6.45, 7) is 0. The molecule has 6 heteroatoms. The standard InChI is InChI=1S/C6H9ClN2O2S/c7-5-12(10,11)9-6(4-8)2-1-3-6/h9H,1-3,5H2. The topological polar surface area (TPSA) is 70.0 Å². The van der Waals surface area contributed by atoms with Crippen molar-refractivity contribution in [3.63, 3.8) is 0 Å². The van der Waals surface area contributed by atoms with E-state index in [2.05, 4.69) is 4.72 Å². The number of hydrogen-bond acceptors (Lipinski definition) is 3. The molecule has 0 heterocycles. The Kier molecular flexibility index (Phi) is 2.61. The molecule has 0 radical (unpaired) electrons. The van der Waals surface area contributed by atoms with Crippen molar-refractivity contribution in [1.82, 2.24) is 4.72 Å². The van der Waals surface area contributed by atoms with Gasteiger partial charge in [-0.25, -0.2) is 8.42 Å². The fourth-order valence-electron chi connectivity index (χ4n) is 1.09. The van der Waals surface area contributed by atoms with Gasteiger partial charge in [0.1, 0.15) is 10.8 Å². The zero-order valence-electron chi connectivity index (χ0n) is 6.38. The van der Waals surface area contributed by atoms with Crippen LogP contribution in [0.4, 0.5) is 0 Å². The van der Waals surface area contributed by atoms with Gasteiger partial charge in [-0.05, 0) is 19.3 Å². The molecule has 12 heavy (non-hydrogen) atoms. The Balaban J connectivity index is 2.68. The number of rotatable bonds is 3. The van der Waals surface area contributed by atoms with Crippen LogP contribution in [0.25, 0.3) is 0 Å². The molecule has 1 aliphatic carbocycles. The highest BCUT2D eigenvalue weighted by Gasteiger charge is 2.40. The van der Waals surface area contributed by atoms with Gasteiger partial charge >= 0.3 is 0 Å². The third-order valence-corrected chi connectivity index (χ3v) is 3.77. The van der Waals surface area contributed by atoms with E-state index in [4.69, 9.17) is 16.9 Å². The first-order valence-corrected chi connectivity index (χ1v) is 5.71. The van der Waals surface area contributed by atoms with Crippen molar-refractivity contribution in [3.8, 4) is 6.07 Å². The summed E-state index contributed by atoms with van der Waals surface area (Å²) >= 11 is 5.18. The predicted octanol–water partition coefficient (Wildman–Crippen LogP) is 0.548. The minimum Gasteiger partial charge on any atom is -0.211 e. The molecule has 0 amide bonds. The molecule has 0 unspecified atom stereocenters. The van der Waals surface area contributed by atoms with Crippen LogP contribution in [0.2, 0.25) is 0 Å². The molecule has 0 bridgehead atoms. The first-order valence-electron chi connectivity index (χ1n) is 3.52. The molecule has 4 nitrogen and oxygen atoms in total. The lowest BCUT2D eigenvalue weighted by atomic mass is 9.79. The number of hydrogen-bond donors (Lipinski definition) is 1. The lowest BCUT2D eigenvalue weighted by molar-refractivity contribution is 0.296. The van der Waals surface area contributed by atoms with E-state index in [0.29, 0.717) is 12.8 Å². The predicted molar refractivity (Wildman–Crippen MR) is 45.0 cm³/mol. The molecule has 1 fully saturated rings. The number of alkyl halides is 1. The van der Waals surface area contributed by atoms with E-state index in [9.17, 15) is 8.42 Å². The second-order valence-corrected chi connectivity index (χ2v) is 5.18. The zero-order valence-corrected chi connectivity index (χ0v) is 7.95. The molecule has 0 aromatic carbocycles. The summed E-state index contributed by atoms with van der Waals surface area (Å²) < 4.78 is 24.2. The van der Waals surface area contributed by atoms with Crippen molar-refractivity contribution >= 4 is 21.6 Å². The smallest absolute Gasteiger partial charge is 0.211 e. The average molecular weight is 209 g/mol. The lowest BCUT2D eigenvalue weighted by Crippen LogP contribution is -2.52. The van der Waals surface area contributed by atoms with E-state index >= 15 is 0 Å². The molecule has 0 aromatic heterocycles. The highest BCUT2D eigenvalue weighted by molar-refractivity contribution is 7.90. The summed E-state index contributed by atoms with van der Waals surface area (Å²) in [5.74, 6) is 0. The summed E-state index contributed by atoms with van der Waals surface area (Å²) in [6.07, 6.45) is 2.05. The Morgan fingerprint density at radius 3 is 2.42 bits per heavy atom. The van der Waals surface area contributed by atoms with Crippen LogP contribution in [0.15, 0.2) is 0 Å². The second-order valence-electron chi connectivity index (χ2n) is 2.87. The summed E-state index contributed by atoms with van der Waals surface area (Å²) in [5, 5.41) is 8.19. The van der Waals surface area contributed by atoms with Crippen molar-refractivity contribution < 1.29 is 8.42 Å². The second kappa shape index (κ2) is 3.21. The average Bonchev–Trinajstić information content (AvgIpc) is 1.97. The van der Waals surface area contributed by atoms with Crippen LogP contribution < -0.4 is 4.72 Å². The Morgan fingerprint density at radius 1 is 1.58 bits per heavy atom. The van der Waals surface area contributed by atoms with Gasteiger partial charge in [-0.3, -0.25) is 0 Å². The van der Waals surface area contributed by atoms with Gasteiger partial charge < -0.3 is 0 Å². The van der Waals surface area contributed by atoms with Crippen molar-refractivity contribution in [2.45, 2.75) is 24.8 Å². The molecule has 0 aromatic rings. The Bertz CT molecular complexity index is 302. The third kappa shape index (κ3) is 1.89. The molecule has 0 atom stereocenters. The van der Waals surface area contributed by atoms with Gasteiger partial charge in [-0.1, -0.05) is 0 Å². The van der Waals surface area contributed by atoms with Crippen LogP contribution in [0, 0.1) is 11.3 Å². The minimum absolute atomic E-state index is 0.490. The van der Waals surface area contributed by atoms with Crippen LogP contribution >= 0.6 is 11.6 Å². The highest BCUT2D eigenvalue weighted by atomic mass is 35.5. The molecule has 1 rings (SSSR count). The number of halogens is 1. The number of nitriles is 1. The van der Waals surface area contributed by atoms with Crippen LogP contribution in [-0.4, -0.2) is 19.2 Å². The van der Waals surface area contributed by atoms with Gasteiger partial charge in [0.05, 0.1) is 6.07 Å². The van der Waals surface area contributed by atoms with Gasteiger partial charge in [0.25, 0.3) is 0 Å². The molecule has 1 saturated carbocycles.